The first-order chi connectivity index (χ1) is 12.3. The highest BCUT2D eigenvalue weighted by Gasteiger charge is 2.31. The monoisotopic (exact) mass is 331 g/mol. The van der Waals surface area contributed by atoms with Gasteiger partial charge < -0.3 is 5.32 Å². The molecule has 1 aliphatic rings. The molecule has 1 N–H and O–H groups in total. The lowest BCUT2D eigenvalue weighted by atomic mass is 9.94. The van der Waals surface area contributed by atoms with Gasteiger partial charge >= 0.3 is 0 Å². The van der Waals surface area contributed by atoms with Crippen LogP contribution >= 0.6 is 0 Å². The van der Waals surface area contributed by atoms with Crippen molar-refractivity contribution in [2.75, 3.05) is 13.1 Å². The van der Waals surface area contributed by atoms with Gasteiger partial charge in [-0.2, -0.15) is 0 Å². The Morgan fingerprint density at radius 3 is 2.24 bits per heavy atom. The molecule has 124 valence electrons. The third-order valence-corrected chi connectivity index (χ3v) is 4.40. The molecule has 0 unspecified atom stereocenters. The number of rotatable bonds is 5. The minimum atomic E-state index is -0.228. The van der Waals surface area contributed by atoms with Crippen LogP contribution in [0.5, 0.6) is 0 Å². The van der Waals surface area contributed by atoms with Gasteiger partial charge in [0, 0.05) is 42.3 Å². The van der Waals surface area contributed by atoms with E-state index in [1.165, 1.54) is 4.90 Å². The molecule has 3 aromatic rings. The molecule has 25 heavy (non-hydrogen) atoms. The van der Waals surface area contributed by atoms with E-state index in [1.807, 2.05) is 42.5 Å². The first-order valence-corrected chi connectivity index (χ1v) is 8.24. The van der Waals surface area contributed by atoms with Crippen LogP contribution in [0.15, 0.2) is 60.8 Å². The lowest BCUT2D eigenvalue weighted by molar-refractivity contribution is 0.0612. The van der Waals surface area contributed by atoms with E-state index >= 15 is 0 Å². The number of carbonyl (C=O) groups is 2. The third-order valence-electron chi connectivity index (χ3n) is 4.40. The van der Waals surface area contributed by atoms with Crippen molar-refractivity contribution in [3.05, 3.63) is 77.6 Å². The van der Waals surface area contributed by atoms with Crippen molar-refractivity contribution in [3.63, 3.8) is 0 Å². The minimum Gasteiger partial charge on any atom is -0.309 e. The van der Waals surface area contributed by atoms with Gasteiger partial charge in [0.2, 0.25) is 0 Å². The molecule has 2 aromatic carbocycles. The van der Waals surface area contributed by atoms with Crippen molar-refractivity contribution in [3.8, 4) is 0 Å². The van der Waals surface area contributed by atoms with Crippen molar-refractivity contribution >= 4 is 22.6 Å². The van der Waals surface area contributed by atoms with Crippen LogP contribution in [0.4, 0.5) is 0 Å². The molecular weight excluding hydrogens is 314 g/mol. The number of hydrogen-bond acceptors (Lipinski definition) is 4. The molecule has 1 aliphatic heterocycles. The summed E-state index contributed by atoms with van der Waals surface area (Å²) in [5.41, 5.74) is 2.11. The Bertz CT molecular complexity index is 903. The smallest absolute Gasteiger partial charge is 0.261 e. The molecule has 0 saturated carbocycles. The topological polar surface area (TPSA) is 62.3 Å². The van der Waals surface area contributed by atoms with Gasteiger partial charge in [-0.15, -0.1) is 0 Å². The molecule has 0 fully saturated rings. The number of pyridine rings is 1. The first-order valence-electron chi connectivity index (χ1n) is 8.24. The van der Waals surface area contributed by atoms with Crippen LogP contribution in [-0.4, -0.2) is 34.8 Å². The van der Waals surface area contributed by atoms with Crippen LogP contribution in [0.2, 0.25) is 0 Å². The van der Waals surface area contributed by atoms with Crippen LogP contribution in [0.3, 0.4) is 0 Å². The molecule has 0 atom stereocenters. The fourth-order valence-corrected chi connectivity index (χ4v) is 3.19. The summed E-state index contributed by atoms with van der Waals surface area (Å²) < 4.78 is 0. The molecule has 2 amide bonds. The normalized spacial score (nSPS) is 13.5. The maximum atomic E-state index is 12.7. The van der Waals surface area contributed by atoms with Crippen LogP contribution < -0.4 is 5.32 Å². The van der Waals surface area contributed by atoms with Gasteiger partial charge in [-0.3, -0.25) is 19.5 Å². The lowest BCUT2D eigenvalue weighted by Crippen LogP contribution is -2.43. The Balaban J connectivity index is 1.50. The van der Waals surface area contributed by atoms with E-state index in [1.54, 1.807) is 18.3 Å². The molecule has 2 heterocycles. The van der Waals surface area contributed by atoms with Gasteiger partial charge in [0.15, 0.2) is 0 Å². The molecule has 0 bridgehead atoms. The van der Waals surface area contributed by atoms with E-state index in [2.05, 4.69) is 10.3 Å². The van der Waals surface area contributed by atoms with Gasteiger partial charge in [-0.25, -0.2) is 0 Å². The number of imide groups is 1. The zero-order chi connectivity index (χ0) is 17.2. The van der Waals surface area contributed by atoms with Crippen LogP contribution in [0.25, 0.3) is 10.8 Å². The van der Waals surface area contributed by atoms with Crippen LogP contribution in [0, 0.1) is 0 Å². The van der Waals surface area contributed by atoms with E-state index in [0.29, 0.717) is 30.8 Å². The predicted molar refractivity (Wildman–Crippen MR) is 95.3 cm³/mol. The Morgan fingerprint density at radius 1 is 0.880 bits per heavy atom. The van der Waals surface area contributed by atoms with Crippen molar-refractivity contribution < 1.29 is 9.59 Å². The van der Waals surface area contributed by atoms with Crippen LogP contribution in [-0.2, 0) is 6.54 Å². The van der Waals surface area contributed by atoms with Gasteiger partial charge in [-0.1, -0.05) is 30.3 Å². The second kappa shape index (κ2) is 6.45. The van der Waals surface area contributed by atoms with Crippen molar-refractivity contribution in [1.82, 2.24) is 15.2 Å². The Kier molecular flexibility index (Phi) is 3.99. The summed E-state index contributed by atoms with van der Waals surface area (Å²) in [5.74, 6) is -0.456. The highest BCUT2D eigenvalue weighted by Crippen LogP contribution is 2.29. The summed E-state index contributed by atoms with van der Waals surface area (Å²) in [6, 6.07) is 16.9. The summed E-state index contributed by atoms with van der Waals surface area (Å²) in [6.45, 7) is 1.45. The number of nitrogens with zero attached hydrogens (tertiary/aromatic N) is 2. The molecule has 0 spiro atoms. The van der Waals surface area contributed by atoms with E-state index in [4.69, 9.17) is 0 Å². The largest absolute Gasteiger partial charge is 0.309 e. The van der Waals surface area contributed by atoms with Crippen molar-refractivity contribution in [1.29, 1.82) is 0 Å². The SMILES string of the molecule is O=C1c2cccc3cccc(c23)C(=O)N1CCNCc1ccccn1. The third kappa shape index (κ3) is 2.79. The molecule has 5 heteroatoms. The summed E-state index contributed by atoms with van der Waals surface area (Å²) in [6.07, 6.45) is 1.74. The molecule has 4 rings (SSSR count). The standard InChI is InChI=1S/C20H17N3O2/c24-19-16-8-3-5-14-6-4-9-17(18(14)16)20(25)23(19)12-11-21-13-15-7-1-2-10-22-15/h1-10,21H,11-13H2. The number of amides is 2. The number of carbonyl (C=O) groups excluding carboxylic acids is 2. The number of hydrogen-bond donors (Lipinski definition) is 1. The van der Waals surface area contributed by atoms with E-state index in [0.717, 1.165) is 16.5 Å². The molecule has 0 saturated heterocycles. The molecule has 0 radical (unpaired) electrons. The number of nitrogens with one attached hydrogen (secondary N) is 1. The number of benzene rings is 2. The van der Waals surface area contributed by atoms with Gasteiger partial charge in [0.05, 0.1) is 5.69 Å². The zero-order valence-electron chi connectivity index (χ0n) is 13.6. The average Bonchev–Trinajstić information content (AvgIpc) is 2.66. The van der Waals surface area contributed by atoms with E-state index < -0.39 is 0 Å². The second-order valence-electron chi connectivity index (χ2n) is 5.97. The van der Waals surface area contributed by atoms with Gasteiger partial charge in [0.1, 0.15) is 0 Å². The fourth-order valence-electron chi connectivity index (χ4n) is 3.19. The van der Waals surface area contributed by atoms with Gasteiger partial charge in [0.25, 0.3) is 11.8 Å². The maximum absolute atomic E-state index is 12.7. The fraction of sp³-hybridized carbons (Fsp3) is 0.150. The highest BCUT2D eigenvalue weighted by atomic mass is 16.2. The molecule has 0 aliphatic carbocycles. The summed E-state index contributed by atoms with van der Waals surface area (Å²) in [7, 11) is 0. The quantitative estimate of drug-likeness (QED) is 0.577. The minimum absolute atomic E-state index is 0.228. The number of aromatic nitrogens is 1. The van der Waals surface area contributed by atoms with Crippen LogP contribution in [0.1, 0.15) is 26.4 Å². The predicted octanol–water partition coefficient (Wildman–Crippen LogP) is 2.62. The Morgan fingerprint density at radius 2 is 1.60 bits per heavy atom. The van der Waals surface area contributed by atoms with E-state index in [-0.39, 0.29) is 11.8 Å². The highest BCUT2D eigenvalue weighted by molar-refractivity contribution is 6.25. The van der Waals surface area contributed by atoms with Crippen molar-refractivity contribution in [2.45, 2.75) is 6.54 Å². The Labute approximate surface area is 145 Å². The second-order valence-corrected chi connectivity index (χ2v) is 5.97. The molecule has 5 nitrogen and oxygen atoms in total. The summed E-state index contributed by atoms with van der Waals surface area (Å²) in [4.78, 5) is 31.0. The Hall–Kier alpha value is -3.05. The lowest BCUT2D eigenvalue weighted by Gasteiger charge is -2.27. The maximum Gasteiger partial charge on any atom is 0.261 e. The molecular formula is C20H17N3O2. The summed E-state index contributed by atoms with van der Waals surface area (Å²) in [5, 5.41) is 4.91. The zero-order valence-corrected chi connectivity index (χ0v) is 13.6. The van der Waals surface area contributed by atoms with Crippen molar-refractivity contribution in [2.24, 2.45) is 0 Å². The first kappa shape index (κ1) is 15.5. The van der Waals surface area contributed by atoms with E-state index in [9.17, 15) is 9.59 Å². The summed E-state index contributed by atoms with van der Waals surface area (Å²) >= 11 is 0. The average molecular weight is 331 g/mol. The molecule has 1 aromatic heterocycles. The van der Waals surface area contributed by atoms with Gasteiger partial charge in [-0.05, 0) is 29.7 Å².